The van der Waals surface area contributed by atoms with Crippen molar-refractivity contribution in [1.29, 1.82) is 0 Å². The molecular formula is C24H20F6N2O3S2. The summed E-state index contributed by atoms with van der Waals surface area (Å²) in [6.07, 6.45) is -8.50. The van der Waals surface area contributed by atoms with Gasteiger partial charge in [-0.1, -0.05) is 30.0 Å². The molecule has 2 fully saturated rings. The van der Waals surface area contributed by atoms with Crippen molar-refractivity contribution in [3.8, 4) is 16.9 Å². The molecule has 198 valence electrons. The number of amides is 1. The average molecular weight is 563 g/mol. The zero-order chi connectivity index (χ0) is 26.8. The number of benzene rings is 2. The lowest BCUT2D eigenvalue weighted by Gasteiger charge is -2.26. The first kappa shape index (κ1) is 27.4. The van der Waals surface area contributed by atoms with Gasteiger partial charge in [0, 0.05) is 25.2 Å². The fourth-order valence-corrected chi connectivity index (χ4v) is 4.80. The molecule has 0 spiro atoms. The van der Waals surface area contributed by atoms with Crippen LogP contribution in [-0.4, -0.2) is 54.6 Å². The maximum Gasteiger partial charge on any atom is 0.416 e. The fourth-order valence-electron chi connectivity index (χ4n) is 3.77. The molecule has 4 rings (SSSR count). The van der Waals surface area contributed by atoms with E-state index in [1.54, 1.807) is 0 Å². The minimum Gasteiger partial charge on any atom is -0.492 e. The molecule has 0 radical (unpaired) electrons. The lowest BCUT2D eigenvalue weighted by Crippen LogP contribution is -2.38. The Bertz CT molecular complexity index is 1190. The third kappa shape index (κ3) is 7.03. The van der Waals surface area contributed by atoms with E-state index in [0.717, 1.165) is 24.9 Å². The number of rotatable bonds is 6. The number of carbonyl (C=O) groups is 1. The topological polar surface area (TPSA) is 50.8 Å². The van der Waals surface area contributed by atoms with Crippen molar-refractivity contribution >= 4 is 40.3 Å². The second-order valence-electron chi connectivity index (χ2n) is 8.20. The summed E-state index contributed by atoms with van der Waals surface area (Å²) in [6, 6.07) is 5.63. The Morgan fingerprint density at radius 3 is 2.22 bits per heavy atom. The van der Waals surface area contributed by atoms with Crippen LogP contribution in [0.4, 0.5) is 26.3 Å². The average Bonchev–Trinajstić information content (AvgIpc) is 3.15. The lowest BCUT2D eigenvalue weighted by molar-refractivity contribution is -0.143. The summed E-state index contributed by atoms with van der Waals surface area (Å²) in [4.78, 5) is 14.5. The minimum atomic E-state index is -4.97. The first-order chi connectivity index (χ1) is 17.4. The van der Waals surface area contributed by atoms with Crippen LogP contribution in [0.5, 0.6) is 5.75 Å². The Hall–Kier alpha value is -2.61. The molecule has 5 nitrogen and oxygen atoms in total. The molecule has 13 heteroatoms. The third-order valence-electron chi connectivity index (χ3n) is 5.63. The van der Waals surface area contributed by atoms with E-state index in [-0.39, 0.29) is 33.0 Å². The number of hydrogen-bond acceptors (Lipinski definition) is 6. The molecule has 0 saturated carbocycles. The number of halogens is 6. The predicted octanol–water partition coefficient (Wildman–Crippen LogP) is 5.59. The van der Waals surface area contributed by atoms with Gasteiger partial charge in [0.1, 0.15) is 16.7 Å². The molecule has 2 aliphatic heterocycles. The molecular weight excluding hydrogens is 542 g/mol. The van der Waals surface area contributed by atoms with Crippen molar-refractivity contribution in [2.75, 3.05) is 39.5 Å². The minimum absolute atomic E-state index is 0.0793. The first-order valence-electron chi connectivity index (χ1n) is 11.0. The number of nitrogens with zero attached hydrogens (tertiary/aromatic N) is 1. The highest BCUT2D eigenvalue weighted by atomic mass is 32.2. The van der Waals surface area contributed by atoms with Crippen LogP contribution in [-0.2, 0) is 21.9 Å². The van der Waals surface area contributed by atoms with Crippen molar-refractivity contribution in [3.63, 3.8) is 0 Å². The summed E-state index contributed by atoms with van der Waals surface area (Å²) in [5.74, 6) is -0.142. The van der Waals surface area contributed by atoms with Crippen molar-refractivity contribution in [1.82, 2.24) is 10.2 Å². The maximum absolute atomic E-state index is 13.4. The molecule has 0 atom stereocenters. The van der Waals surface area contributed by atoms with Crippen molar-refractivity contribution in [2.45, 2.75) is 12.4 Å². The number of hydrogen-bond donors (Lipinski definition) is 1. The summed E-state index contributed by atoms with van der Waals surface area (Å²) in [7, 11) is 0. The van der Waals surface area contributed by atoms with Crippen LogP contribution in [0.1, 0.15) is 16.7 Å². The zero-order valence-electron chi connectivity index (χ0n) is 19.0. The van der Waals surface area contributed by atoms with Crippen LogP contribution in [0.3, 0.4) is 0 Å². The van der Waals surface area contributed by atoms with Crippen LogP contribution in [0.15, 0.2) is 41.3 Å². The second-order valence-corrected chi connectivity index (χ2v) is 9.92. The number of morpholine rings is 1. The van der Waals surface area contributed by atoms with Crippen LogP contribution in [0, 0.1) is 0 Å². The van der Waals surface area contributed by atoms with E-state index in [0.29, 0.717) is 43.2 Å². The molecule has 2 aromatic rings. The highest BCUT2D eigenvalue weighted by molar-refractivity contribution is 8.26. The predicted molar refractivity (Wildman–Crippen MR) is 131 cm³/mol. The number of alkyl halides is 6. The summed E-state index contributed by atoms with van der Waals surface area (Å²) in [5.41, 5.74) is -2.71. The Balaban J connectivity index is 1.71. The van der Waals surface area contributed by atoms with E-state index in [4.69, 9.17) is 21.7 Å². The van der Waals surface area contributed by atoms with Gasteiger partial charge < -0.3 is 14.8 Å². The van der Waals surface area contributed by atoms with Gasteiger partial charge >= 0.3 is 12.4 Å². The Kier molecular flexibility index (Phi) is 8.17. The maximum atomic E-state index is 13.4. The molecule has 2 aliphatic rings. The number of nitrogens with one attached hydrogen (secondary N) is 1. The summed E-state index contributed by atoms with van der Waals surface area (Å²) < 4.78 is 91.7. The Morgan fingerprint density at radius 2 is 1.65 bits per heavy atom. The van der Waals surface area contributed by atoms with Gasteiger partial charge in [-0.15, -0.1) is 0 Å². The first-order valence-corrected chi connectivity index (χ1v) is 12.2. The highest BCUT2D eigenvalue weighted by Crippen LogP contribution is 2.40. The number of carbonyl (C=O) groups excluding carboxylic acids is 1. The van der Waals surface area contributed by atoms with Gasteiger partial charge in [0.15, 0.2) is 0 Å². The van der Waals surface area contributed by atoms with Crippen molar-refractivity contribution in [3.05, 3.63) is 58.0 Å². The highest BCUT2D eigenvalue weighted by Gasteiger charge is 2.37. The lowest BCUT2D eigenvalue weighted by atomic mass is 9.97. The summed E-state index contributed by atoms with van der Waals surface area (Å²) in [5, 5.41) is 2.47. The fraction of sp³-hybridized carbons (Fsp3) is 0.333. The van der Waals surface area contributed by atoms with Crippen molar-refractivity contribution < 1.29 is 40.6 Å². The van der Waals surface area contributed by atoms with Crippen LogP contribution in [0.2, 0.25) is 0 Å². The molecule has 0 bridgehead atoms. The molecule has 2 aromatic carbocycles. The molecule has 1 N–H and O–H groups in total. The van der Waals surface area contributed by atoms with Gasteiger partial charge in [-0.3, -0.25) is 9.69 Å². The van der Waals surface area contributed by atoms with E-state index in [1.807, 2.05) is 0 Å². The normalized spacial score (nSPS) is 18.4. The van der Waals surface area contributed by atoms with Crippen LogP contribution < -0.4 is 10.1 Å². The zero-order valence-corrected chi connectivity index (χ0v) is 20.7. The quantitative estimate of drug-likeness (QED) is 0.282. The van der Waals surface area contributed by atoms with Gasteiger partial charge in [0.25, 0.3) is 5.91 Å². The van der Waals surface area contributed by atoms with E-state index in [2.05, 4.69) is 10.2 Å². The van der Waals surface area contributed by atoms with Crippen LogP contribution >= 0.6 is 24.0 Å². The third-order valence-corrected chi connectivity index (χ3v) is 6.79. The number of ether oxygens (including phenoxy) is 2. The molecule has 1 amide bonds. The Labute approximate surface area is 217 Å². The SMILES string of the molecule is O=C1NC(=S)S/C1=C\c1cc(-c2cc(C(F)(F)F)cc(C(F)(F)F)c2)ccc1OCCN1CCOCC1. The van der Waals surface area contributed by atoms with E-state index in [9.17, 15) is 31.1 Å². The van der Waals surface area contributed by atoms with E-state index in [1.165, 1.54) is 24.3 Å². The van der Waals surface area contributed by atoms with Crippen LogP contribution in [0.25, 0.3) is 17.2 Å². The molecule has 37 heavy (non-hydrogen) atoms. The molecule has 2 saturated heterocycles. The molecule has 0 unspecified atom stereocenters. The monoisotopic (exact) mass is 562 g/mol. The second kappa shape index (κ2) is 11.0. The number of thioether (sulfide) groups is 1. The largest absolute Gasteiger partial charge is 0.492 e. The molecule has 0 aromatic heterocycles. The summed E-state index contributed by atoms with van der Waals surface area (Å²) in [6.45, 7) is 3.55. The summed E-state index contributed by atoms with van der Waals surface area (Å²) >= 11 is 5.99. The van der Waals surface area contributed by atoms with E-state index >= 15 is 0 Å². The van der Waals surface area contributed by atoms with Gasteiger partial charge in [-0.05, 0) is 47.5 Å². The van der Waals surface area contributed by atoms with Gasteiger partial charge in [-0.25, -0.2) is 0 Å². The molecule has 0 aliphatic carbocycles. The smallest absolute Gasteiger partial charge is 0.416 e. The van der Waals surface area contributed by atoms with E-state index < -0.39 is 29.4 Å². The standard InChI is InChI=1S/C24H20F6N2O3S2/c25-23(26,27)17-10-15(11-18(13-17)24(28,29)30)14-1-2-19(35-8-5-32-3-6-34-7-4-32)16(9-14)12-20-21(33)31-22(36)37-20/h1-2,9-13H,3-8H2,(H,31,33,36)/b20-12-. The molecule has 2 heterocycles. The van der Waals surface area contributed by atoms with Gasteiger partial charge in [0.2, 0.25) is 0 Å². The van der Waals surface area contributed by atoms with Crippen molar-refractivity contribution in [2.24, 2.45) is 0 Å². The van der Waals surface area contributed by atoms with Gasteiger partial charge in [0.05, 0.1) is 29.2 Å². The number of thiocarbonyl (C=S) groups is 1. The Morgan fingerprint density at radius 1 is 1.00 bits per heavy atom. The van der Waals surface area contributed by atoms with Gasteiger partial charge in [-0.2, -0.15) is 26.3 Å².